The average molecular weight is 244 g/mol. The van der Waals surface area contributed by atoms with E-state index in [1.165, 1.54) is 25.7 Å². The molecule has 2 saturated carbocycles. The van der Waals surface area contributed by atoms with Crippen LogP contribution in [0, 0.1) is 24.7 Å². The molecule has 0 aromatic carbocycles. The van der Waals surface area contributed by atoms with Crippen LogP contribution in [0.1, 0.15) is 37.8 Å². The SMILES string of the molecule is Cc1cccc(NC(=O)C[C@@H]2C[C@H]3CC[C@H]2C3)n1. The molecular formula is C15H20N2O. The smallest absolute Gasteiger partial charge is 0.225 e. The molecule has 18 heavy (non-hydrogen) atoms. The van der Waals surface area contributed by atoms with Gasteiger partial charge in [0.05, 0.1) is 0 Å². The third-order valence-corrected chi connectivity index (χ3v) is 4.49. The van der Waals surface area contributed by atoms with Gasteiger partial charge in [0, 0.05) is 12.1 Å². The number of anilines is 1. The molecule has 1 N–H and O–H groups in total. The van der Waals surface area contributed by atoms with Gasteiger partial charge in [0.2, 0.25) is 5.91 Å². The van der Waals surface area contributed by atoms with Gasteiger partial charge in [0.1, 0.15) is 5.82 Å². The van der Waals surface area contributed by atoms with E-state index in [1.54, 1.807) is 0 Å². The van der Waals surface area contributed by atoms with Crippen molar-refractivity contribution in [2.24, 2.45) is 17.8 Å². The summed E-state index contributed by atoms with van der Waals surface area (Å²) in [5.74, 6) is 3.15. The Balaban J connectivity index is 1.56. The molecule has 1 aromatic rings. The van der Waals surface area contributed by atoms with Gasteiger partial charge >= 0.3 is 0 Å². The van der Waals surface area contributed by atoms with Crippen molar-refractivity contribution in [1.82, 2.24) is 4.98 Å². The number of hydrogen-bond donors (Lipinski definition) is 1. The lowest BCUT2D eigenvalue weighted by Gasteiger charge is -2.20. The molecule has 2 aliphatic rings. The predicted molar refractivity (Wildman–Crippen MR) is 71.2 cm³/mol. The number of aryl methyl sites for hydroxylation is 1. The van der Waals surface area contributed by atoms with Crippen LogP contribution < -0.4 is 5.32 Å². The lowest BCUT2D eigenvalue weighted by atomic mass is 9.86. The molecule has 3 rings (SSSR count). The number of hydrogen-bond acceptors (Lipinski definition) is 2. The van der Waals surface area contributed by atoms with E-state index in [0.29, 0.717) is 18.2 Å². The van der Waals surface area contributed by atoms with E-state index in [2.05, 4.69) is 10.3 Å². The Hall–Kier alpha value is -1.38. The van der Waals surface area contributed by atoms with Gasteiger partial charge in [-0.25, -0.2) is 4.98 Å². The van der Waals surface area contributed by atoms with E-state index in [0.717, 1.165) is 17.5 Å². The average Bonchev–Trinajstić information content (AvgIpc) is 2.90. The van der Waals surface area contributed by atoms with E-state index in [1.807, 2.05) is 25.1 Å². The quantitative estimate of drug-likeness (QED) is 0.887. The Labute approximate surface area is 108 Å². The molecule has 0 spiro atoms. The van der Waals surface area contributed by atoms with Crippen LogP contribution >= 0.6 is 0 Å². The van der Waals surface area contributed by atoms with E-state index in [9.17, 15) is 4.79 Å². The number of rotatable bonds is 3. The number of amides is 1. The van der Waals surface area contributed by atoms with E-state index < -0.39 is 0 Å². The standard InChI is InChI=1S/C15H20N2O/c1-10-3-2-4-14(16-10)17-15(18)9-13-8-11-5-6-12(13)7-11/h2-4,11-13H,5-9H2,1H3,(H,16,17,18)/t11-,12-,13-/m0/s1. The molecule has 2 aliphatic carbocycles. The number of aromatic nitrogens is 1. The topological polar surface area (TPSA) is 42.0 Å². The maximum Gasteiger partial charge on any atom is 0.225 e. The van der Waals surface area contributed by atoms with Crippen LogP contribution in [-0.2, 0) is 4.79 Å². The second kappa shape index (κ2) is 4.71. The molecule has 3 nitrogen and oxygen atoms in total. The molecule has 3 heteroatoms. The molecule has 0 aliphatic heterocycles. The van der Waals surface area contributed by atoms with Gasteiger partial charge in [-0.1, -0.05) is 12.5 Å². The minimum atomic E-state index is 0.130. The van der Waals surface area contributed by atoms with E-state index in [4.69, 9.17) is 0 Å². The molecule has 2 fully saturated rings. The van der Waals surface area contributed by atoms with Crippen LogP contribution in [0.4, 0.5) is 5.82 Å². The van der Waals surface area contributed by atoms with Crippen molar-refractivity contribution in [3.8, 4) is 0 Å². The first-order valence-corrected chi connectivity index (χ1v) is 6.94. The fourth-order valence-corrected chi connectivity index (χ4v) is 3.67. The molecule has 1 heterocycles. The minimum absolute atomic E-state index is 0.130. The van der Waals surface area contributed by atoms with Crippen molar-refractivity contribution in [2.75, 3.05) is 5.32 Å². The highest BCUT2D eigenvalue weighted by molar-refractivity contribution is 5.89. The highest BCUT2D eigenvalue weighted by atomic mass is 16.1. The fourth-order valence-electron chi connectivity index (χ4n) is 3.67. The molecular weight excluding hydrogens is 224 g/mol. The van der Waals surface area contributed by atoms with Crippen molar-refractivity contribution in [2.45, 2.75) is 39.0 Å². The number of fused-ring (bicyclic) bond motifs is 2. The van der Waals surface area contributed by atoms with Crippen molar-refractivity contribution < 1.29 is 4.79 Å². The molecule has 2 bridgehead atoms. The highest BCUT2D eigenvalue weighted by Crippen LogP contribution is 2.49. The van der Waals surface area contributed by atoms with Crippen LogP contribution in [0.2, 0.25) is 0 Å². The summed E-state index contributed by atoms with van der Waals surface area (Å²) in [6.07, 6.45) is 6.03. The Bertz CT molecular complexity index is 458. The Kier molecular flexibility index (Phi) is 3.06. The largest absolute Gasteiger partial charge is 0.311 e. The highest BCUT2D eigenvalue weighted by Gasteiger charge is 2.40. The first-order valence-electron chi connectivity index (χ1n) is 6.94. The minimum Gasteiger partial charge on any atom is -0.311 e. The van der Waals surface area contributed by atoms with Gasteiger partial charge in [0.25, 0.3) is 0 Å². The number of nitrogens with zero attached hydrogens (tertiary/aromatic N) is 1. The van der Waals surface area contributed by atoms with Crippen molar-refractivity contribution in [3.05, 3.63) is 23.9 Å². The zero-order valence-electron chi connectivity index (χ0n) is 10.9. The van der Waals surface area contributed by atoms with Gasteiger partial charge in [-0.2, -0.15) is 0 Å². The summed E-state index contributed by atoms with van der Waals surface area (Å²) in [7, 11) is 0. The molecule has 1 amide bonds. The normalized spacial score (nSPS) is 29.5. The van der Waals surface area contributed by atoms with Crippen molar-refractivity contribution in [1.29, 1.82) is 0 Å². The van der Waals surface area contributed by atoms with Gasteiger partial charge in [-0.3, -0.25) is 4.79 Å². The van der Waals surface area contributed by atoms with Crippen LogP contribution in [0.25, 0.3) is 0 Å². The van der Waals surface area contributed by atoms with Gasteiger partial charge in [-0.05, 0) is 56.1 Å². The lowest BCUT2D eigenvalue weighted by molar-refractivity contribution is -0.117. The summed E-state index contributed by atoms with van der Waals surface area (Å²) in [6, 6.07) is 5.72. The molecule has 1 aromatic heterocycles. The van der Waals surface area contributed by atoms with E-state index >= 15 is 0 Å². The maximum atomic E-state index is 12.0. The summed E-state index contributed by atoms with van der Waals surface area (Å²) in [6.45, 7) is 1.94. The number of nitrogens with one attached hydrogen (secondary N) is 1. The van der Waals surface area contributed by atoms with Gasteiger partial charge < -0.3 is 5.32 Å². The van der Waals surface area contributed by atoms with Crippen LogP contribution in [-0.4, -0.2) is 10.9 Å². The summed E-state index contributed by atoms with van der Waals surface area (Å²) in [5, 5.41) is 2.92. The van der Waals surface area contributed by atoms with Crippen LogP contribution in [0.3, 0.4) is 0 Å². The number of carbonyl (C=O) groups excluding carboxylic acids is 1. The Morgan fingerprint density at radius 2 is 2.28 bits per heavy atom. The third kappa shape index (κ3) is 2.40. The summed E-state index contributed by atoms with van der Waals surface area (Å²) in [5.41, 5.74) is 0.938. The van der Waals surface area contributed by atoms with E-state index in [-0.39, 0.29) is 5.91 Å². The third-order valence-electron chi connectivity index (χ3n) is 4.49. The van der Waals surface area contributed by atoms with Crippen LogP contribution in [0.15, 0.2) is 18.2 Å². The number of pyridine rings is 1. The van der Waals surface area contributed by atoms with Crippen LogP contribution in [0.5, 0.6) is 0 Å². The van der Waals surface area contributed by atoms with Crippen molar-refractivity contribution >= 4 is 11.7 Å². The number of carbonyl (C=O) groups is 1. The predicted octanol–water partition coefficient (Wildman–Crippen LogP) is 3.15. The first kappa shape index (κ1) is 11.7. The molecule has 96 valence electrons. The van der Waals surface area contributed by atoms with Gasteiger partial charge in [0.15, 0.2) is 0 Å². The second-order valence-corrected chi connectivity index (χ2v) is 5.85. The first-order chi connectivity index (χ1) is 8.70. The molecule has 0 saturated heterocycles. The Morgan fingerprint density at radius 1 is 1.39 bits per heavy atom. The summed E-state index contributed by atoms with van der Waals surface area (Å²) >= 11 is 0. The summed E-state index contributed by atoms with van der Waals surface area (Å²) in [4.78, 5) is 16.3. The fraction of sp³-hybridized carbons (Fsp3) is 0.600. The molecule has 0 radical (unpaired) electrons. The maximum absolute atomic E-state index is 12.0. The monoisotopic (exact) mass is 244 g/mol. The summed E-state index contributed by atoms with van der Waals surface area (Å²) < 4.78 is 0. The second-order valence-electron chi connectivity index (χ2n) is 5.85. The zero-order chi connectivity index (χ0) is 12.5. The Morgan fingerprint density at radius 3 is 2.94 bits per heavy atom. The molecule has 3 atom stereocenters. The van der Waals surface area contributed by atoms with Crippen molar-refractivity contribution in [3.63, 3.8) is 0 Å². The lowest BCUT2D eigenvalue weighted by Crippen LogP contribution is -2.20. The van der Waals surface area contributed by atoms with Gasteiger partial charge in [-0.15, -0.1) is 0 Å². The zero-order valence-corrected chi connectivity index (χ0v) is 10.9. The molecule has 0 unspecified atom stereocenters.